The highest BCUT2D eigenvalue weighted by Gasteiger charge is 2.37. The van der Waals surface area contributed by atoms with E-state index in [1.165, 1.54) is 0 Å². The van der Waals surface area contributed by atoms with Gasteiger partial charge in [-0.15, -0.1) is 0 Å². The molecule has 7 heteroatoms. The first kappa shape index (κ1) is 18.2. The Morgan fingerprint density at radius 1 is 1.20 bits per heavy atom. The fraction of sp³-hybridized carbons (Fsp3) is 0.174. The molecule has 1 N–H and O–H groups in total. The Bertz CT molecular complexity index is 1250. The number of nitrogens with one attached hydrogen (secondary N) is 1. The minimum absolute atomic E-state index is 0.0536. The van der Waals surface area contributed by atoms with Crippen LogP contribution in [0.3, 0.4) is 0 Å². The van der Waals surface area contributed by atoms with E-state index < -0.39 is 5.92 Å². The molecule has 0 fully saturated rings. The smallest absolute Gasteiger partial charge is 0.226 e. The quantitative estimate of drug-likeness (QED) is 0.517. The molecule has 7 nitrogen and oxygen atoms in total. The molecule has 2 aromatic heterocycles. The lowest BCUT2D eigenvalue weighted by atomic mass is 9.87. The maximum Gasteiger partial charge on any atom is 0.226 e. The van der Waals surface area contributed by atoms with Crippen molar-refractivity contribution >= 4 is 28.5 Å². The fourth-order valence-electron chi connectivity index (χ4n) is 3.96. The van der Waals surface area contributed by atoms with Crippen LogP contribution in [0.5, 0.6) is 5.75 Å². The van der Waals surface area contributed by atoms with Gasteiger partial charge in [-0.1, -0.05) is 18.2 Å². The van der Waals surface area contributed by atoms with E-state index in [9.17, 15) is 9.59 Å². The normalized spacial score (nSPS) is 15.7. The minimum Gasteiger partial charge on any atom is -0.497 e. The van der Waals surface area contributed by atoms with Gasteiger partial charge in [-0.2, -0.15) is 5.10 Å². The second-order valence-corrected chi connectivity index (χ2v) is 7.28. The SMILES string of the molecule is COc1ccc(-n2nc(C)c3c2NC(=O)C[C@H]3C(=O)c2cc3ccccc3o2)cc1. The molecule has 0 saturated heterocycles. The second kappa shape index (κ2) is 6.88. The number of amides is 1. The van der Waals surface area contributed by atoms with Gasteiger partial charge in [0.25, 0.3) is 0 Å². The number of rotatable bonds is 4. The summed E-state index contributed by atoms with van der Waals surface area (Å²) in [5.41, 5.74) is 2.82. The number of anilines is 1. The van der Waals surface area contributed by atoms with E-state index in [0.717, 1.165) is 22.4 Å². The van der Waals surface area contributed by atoms with Gasteiger partial charge in [-0.05, 0) is 43.3 Å². The molecule has 1 aliphatic heterocycles. The zero-order chi connectivity index (χ0) is 20.8. The predicted molar refractivity (Wildman–Crippen MR) is 111 cm³/mol. The van der Waals surface area contributed by atoms with Gasteiger partial charge in [-0.25, -0.2) is 4.68 Å². The van der Waals surface area contributed by atoms with Crippen LogP contribution in [0, 0.1) is 6.92 Å². The largest absolute Gasteiger partial charge is 0.497 e. The first-order valence-corrected chi connectivity index (χ1v) is 9.61. The standard InChI is InChI=1S/C23H19N3O4/c1-13-21-17(22(28)19-11-14-5-3-4-6-18(14)30-19)12-20(27)24-23(21)26(25-13)15-7-9-16(29-2)10-8-15/h3-11,17H,12H2,1-2H3,(H,24,27)/t17-/m1/s1. The summed E-state index contributed by atoms with van der Waals surface area (Å²) in [7, 11) is 1.60. The summed E-state index contributed by atoms with van der Waals surface area (Å²) in [5, 5.41) is 8.34. The van der Waals surface area contributed by atoms with Crippen molar-refractivity contribution in [1.29, 1.82) is 0 Å². The van der Waals surface area contributed by atoms with Gasteiger partial charge in [0.2, 0.25) is 11.7 Å². The van der Waals surface area contributed by atoms with Crippen LogP contribution in [0.4, 0.5) is 5.82 Å². The topological polar surface area (TPSA) is 86.4 Å². The lowest BCUT2D eigenvalue weighted by Crippen LogP contribution is -2.28. The lowest BCUT2D eigenvalue weighted by Gasteiger charge is -2.22. The first-order chi connectivity index (χ1) is 14.5. The van der Waals surface area contributed by atoms with Crippen LogP contribution >= 0.6 is 0 Å². The van der Waals surface area contributed by atoms with Crippen molar-refractivity contribution in [3.05, 3.63) is 71.6 Å². The van der Waals surface area contributed by atoms with Crippen molar-refractivity contribution in [2.24, 2.45) is 0 Å². The van der Waals surface area contributed by atoms with E-state index in [0.29, 0.717) is 17.1 Å². The summed E-state index contributed by atoms with van der Waals surface area (Å²) < 4.78 is 12.6. The molecule has 0 aliphatic carbocycles. The average Bonchev–Trinajstić information content (AvgIpc) is 3.34. The molecule has 0 saturated carbocycles. The van der Waals surface area contributed by atoms with Gasteiger partial charge in [0.1, 0.15) is 17.2 Å². The van der Waals surface area contributed by atoms with Crippen molar-refractivity contribution < 1.29 is 18.7 Å². The number of hydrogen-bond acceptors (Lipinski definition) is 5. The second-order valence-electron chi connectivity index (χ2n) is 7.28. The van der Waals surface area contributed by atoms with Gasteiger partial charge < -0.3 is 14.5 Å². The Hall–Kier alpha value is -3.87. The van der Waals surface area contributed by atoms with Crippen molar-refractivity contribution in [3.63, 3.8) is 0 Å². The summed E-state index contributed by atoms with van der Waals surface area (Å²) in [5.74, 6) is 0.382. The number of aryl methyl sites for hydroxylation is 1. The number of para-hydroxylation sites is 1. The van der Waals surface area contributed by atoms with E-state index in [1.54, 1.807) is 17.9 Å². The third kappa shape index (κ3) is 2.86. The number of hydrogen-bond donors (Lipinski definition) is 1. The highest BCUT2D eigenvalue weighted by molar-refractivity contribution is 6.08. The molecule has 0 spiro atoms. The maximum atomic E-state index is 13.3. The molecular formula is C23H19N3O4. The van der Waals surface area contributed by atoms with Crippen LogP contribution in [0.15, 0.2) is 59.0 Å². The van der Waals surface area contributed by atoms with E-state index in [2.05, 4.69) is 10.4 Å². The molecule has 3 heterocycles. The van der Waals surface area contributed by atoms with E-state index >= 15 is 0 Å². The summed E-state index contributed by atoms with van der Waals surface area (Å²) in [4.78, 5) is 25.8. The van der Waals surface area contributed by atoms with Crippen LogP contribution in [-0.4, -0.2) is 28.6 Å². The number of ketones is 1. The Kier molecular flexibility index (Phi) is 4.17. The Morgan fingerprint density at radius 2 is 1.97 bits per heavy atom. The predicted octanol–water partition coefficient (Wildman–Crippen LogP) is 4.24. The third-order valence-electron chi connectivity index (χ3n) is 5.40. The molecule has 1 aliphatic rings. The fourth-order valence-corrected chi connectivity index (χ4v) is 3.96. The highest BCUT2D eigenvalue weighted by Crippen LogP contribution is 2.39. The molecule has 4 aromatic rings. The molecule has 0 unspecified atom stereocenters. The Balaban J connectivity index is 1.58. The minimum atomic E-state index is -0.652. The first-order valence-electron chi connectivity index (χ1n) is 9.61. The van der Waals surface area contributed by atoms with Crippen LogP contribution in [0.25, 0.3) is 16.7 Å². The highest BCUT2D eigenvalue weighted by atomic mass is 16.5. The van der Waals surface area contributed by atoms with Gasteiger partial charge in [-0.3, -0.25) is 9.59 Å². The van der Waals surface area contributed by atoms with Crippen LogP contribution in [0.2, 0.25) is 0 Å². The number of ether oxygens (including phenoxy) is 1. The lowest BCUT2D eigenvalue weighted by molar-refractivity contribution is -0.116. The summed E-state index contributed by atoms with van der Waals surface area (Å²) >= 11 is 0. The Morgan fingerprint density at radius 3 is 2.70 bits per heavy atom. The van der Waals surface area contributed by atoms with Crippen LogP contribution < -0.4 is 10.1 Å². The number of furan rings is 1. The number of fused-ring (bicyclic) bond motifs is 2. The summed E-state index contributed by atoms with van der Waals surface area (Å²) in [6.07, 6.45) is 0.0536. The molecule has 1 atom stereocenters. The molecule has 150 valence electrons. The zero-order valence-electron chi connectivity index (χ0n) is 16.5. The van der Waals surface area contributed by atoms with Gasteiger partial charge in [0.05, 0.1) is 24.4 Å². The number of carbonyl (C=O) groups is 2. The number of benzene rings is 2. The number of methoxy groups -OCH3 is 1. The molecular weight excluding hydrogens is 382 g/mol. The molecule has 5 rings (SSSR count). The molecule has 0 bridgehead atoms. The number of Topliss-reactive ketones (excluding diaryl/α,β-unsaturated/α-hetero) is 1. The number of nitrogens with zero attached hydrogens (tertiary/aromatic N) is 2. The molecule has 1 amide bonds. The van der Waals surface area contributed by atoms with Crippen molar-refractivity contribution in [3.8, 4) is 11.4 Å². The third-order valence-corrected chi connectivity index (χ3v) is 5.40. The molecule has 30 heavy (non-hydrogen) atoms. The van der Waals surface area contributed by atoms with Crippen molar-refractivity contribution in [2.75, 3.05) is 12.4 Å². The summed E-state index contributed by atoms with van der Waals surface area (Å²) in [6, 6.07) is 16.5. The Labute approximate surface area is 172 Å². The molecule has 2 aromatic carbocycles. The molecule has 0 radical (unpaired) electrons. The van der Waals surface area contributed by atoms with Crippen molar-refractivity contribution in [2.45, 2.75) is 19.3 Å². The van der Waals surface area contributed by atoms with E-state index in [4.69, 9.17) is 9.15 Å². The van der Waals surface area contributed by atoms with Crippen LogP contribution in [0.1, 0.15) is 34.2 Å². The number of aromatic nitrogens is 2. The average molecular weight is 401 g/mol. The van der Waals surface area contributed by atoms with E-state index in [1.807, 2.05) is 55.5 Å². The van der Waals surface area contributed by atoms with Gasteiger partial charge in [0.15, 0.2) is 5.76 Å². The van der Waals surface area contributed by atoms with Gasteiger partial charge >= 0.3 is 0 Å². The van der Waals surface area contributed by atoms with Gasteiger partial charge in [0, 0.05) is 17.4 Å². The summed E-state index contributed by atoms with van der Waals surface area (Å²) in [6.45, 7) is 1.84. The maximum absolute atomic E-state index is 13.3. The van der Waals surface area contributed by atoms with Crippen LogP contribution in [-0.2, 0) is 4.79 Å². The zero-order valence-corrected chi connectivity index (χ0v) is 16.5. The van der Waals surface area contributed by atoms with Crippen molar-refractivity contribution in [1.82, 2.24) is 9.78 Å². The monoisotopic (exact) mass is 401 g/mol. The number of carbonyl (C=O) groups excluding carboxylic acids is 2. The van der Waals surface area contributed by atoms with E-state index in [-0.39, 0.29) is 23.9 Å².